The van der Waals surface area contributed by atoms with E-state index in [4.69, 9.17) is 19.5 Å². The summed E-state index contributed by atoms with van der Waals surface area (Å²) in [7, 11) is 0. The molecule has 66 heavy (non-hydrogen) atoms. The minimum atomic E-state index is -0.530. The Hall–Kier alpha value is -8.28. The van der Waals surface area contributed by atoms with Crippen LogP contribution in [-0.2, 0) is 5.41 Å². The second-order valence-electron chi connectivity index (χ2n) is 17.5. The smallest absolute Gasteiger partial charge is 0.170 e. The first-order valence-electron chi connectivity index (χ1n) is 22.7. The highest BCUT2D eigenvalue weighted by Crippen LogP contribution is 2.59. The summed E-state index contributed by atoms with van der Waals surface area (Å²) in [6.45, 7) is 4.42. The van der Waals surface area contributed by atoms with Crippen molar-refractivity contribution in [3.05, 3.63) is 263 Å². The van der Waals surface area contributed by atoms with Crippen molar-refractivity contribution in [3.63, 3.8) is 0 Å². The van der Waals surface area contributed by atoms with Crippen molar-refractivity contribution in [1.29, 1.82) is 0 Å². The lowest BCUT2D eigenvalue weighted by Gasteiger charge is -2.34. The molecule has 12 rings (SSSR count). The standard InChI is InChI=1S/C61H45N3O2/c1-39(2)40-25-29-43(30-26-40)58-62-59(44-31-27-42(28-32-44)41-15-6-3-7-16-41)64-60(63-58)47-18-14-17-45(35-47)46-33-34-54-55(36-46)66-56-37-51-50-23-12-13-24-52(50)61(48-19-8-4-9-20-48,49-21-10-5-11-22-49)53(51)38-57(56)65-54/h3-39,60H,1-2H3,(H,62,63,64). The fourth-order valence-corrected chi connectivity index (χ4v) is 9.95. The maximum Gasteiger partial charge on any atom is 0.170 e. The van der Waals surface area contributed by atoms with Crippen LogP contribution >= 0.6 is 0 Å². The van der Waals surface area contributed by atoms with E-state index in [-0.39, 0.29) is 6.17 Å². The molecule has 1 atom stereocenters. The van der Waals surface area contributed by atoms with Crippen LogP contribution in [-0.4, -0.2) is 11.7 Å². The molecule has 0 amide bonds. The predicted octanol–water partition coefficient (Wildman–Crippen LogP) is 14.9. The van der Waals surface area contributed by atoms with Crippen molar-refractivity contribution >= 4 is 11.7 Å². The summed E-state index contributed by atoms with van der Waals surface area (Å²) in [6, 6.07) is 77.2. The Bertz CT molecular complexity index is 3300. The van der Waals surface area contributed by atoms with Gasteiger partial charge in [0.15, 0.2) is 28.8 Å². The summed E-state index contributed by atoms with van der Waals surface area (Å²) in [4.78, 5) is 10.4. The van der Waals surface area contributed by atoms with Gasteiger partial charge in [-0.1, -0.05) is 202 Å². The van der Waals surface area contributed by atoms with Gasteiger partial charge >= 0.3 is 0 Å². The molecule has 5 heteroatoms. The normalized spacial score (nSPS) is 15.2. The highest BCUT2D eigenvalue weighted by molar-refractivity contribution is 6.13. The van der Waals surface area contributed by atoms with Gasteiger partial charge < -0.3 is 14.8 Å². The van der Waals surface area contributed by atoms with Gasteiger partial charge in [-0.25, -0.2) is 9.98 Å². The van der Waals surface area contributed by atoms with Crippen LogP contribution in [0.3, 0.4) is 0 Å². The quantitative estimate of drug-likeness (QED) is 0.166. The van der Waals surface area contributed by atoms with E-state index in [1.165, 1.54) is 38.9 Å². The van der Waals surface area contributed by atoms with Gasteiger partial charge in [0.05, 0.1) is 5.41 Å². The van der Waals surface area contributed by atoms with E-state index in [0.717, 1.165) is 44.8 Å². The summed E-state index contributed by atoms with van der Waals surface area (Å²) < 4.78 is 13.6. The molecule has 0 aromatic heterocycles. The number of hydrogen-bond donors (Lipinski definition) is 1. The molecule has 5 nitrogen and oxygen atoms in total. The summed E-state index contributed by atoms with van der Waals surface area (Å²) in [6.07, 6.45) is -0.376. The van der Waals surface area contributed by atoms with Crippen LogP contribution in [0.4, 0.5) is 0 Å². The minimum Gasteiger partial charge on any atom is -0.450 e. The molecule has 1 N–H and O–H groups in total. The lowest BCUT2D eigenvalue weighted by molar-refractivity contribution is 0.359. The second kappa shape index (κ2) is 16.1. The van der Waals surface area contributed by atoms with E-state index in [2.05, 4.69) is 225 Å². The van der Waals surface area contributed by atoms with Gasteiger partial charge in [0.2, 0.25) is 0 Å². The summed E-state index contributed by atoms with van der Waals surface area (Å²) in [5, 5.41) is 3.69. The molecule has 2 heterocycles. The summed E-state index contributed by atoms with van der Waals surface area (Å²) >= 11 is 0. The van der Waals surface area contributed by atoms with Crippen molar-refractivity contribution in [2.45, 2.75) is 31.3 Å². The number of nitrogens with one attached hydrogen (secondary N) is 1. The van der Waals surface area contributed by atoms with Crippen LogP contribution in [0.2, 0.25) is 0 Å². The molecule has 2 aliphatic heterocycles. The molecule has 0 radical (unpaired) electrons. The van der Waals surface area contributed by atoms with Crippen LogP contribution in [0.25, 0.3) is 33.4 Å². The minimum absolute atomic E-state index is 0.376. The molecule has 9 aromatic carbocycles. The molecule has 0 saturated carbocycles. The van der Waals surface area contributed by atoms with E-state index in [9.17, 15) is 0 Å². The van der Waals surface area contributed by atoms with Gasteiger partial charge in [-0.15, -0.1) is 0 Å². The van der Waals surface area contributed by atoms with Crippen molar-refractivity contribution in [3.8, 4) is 56.4 Å². The monoisotopic (exact) mass is 851 g/mol. The summed E-state index contributed by atoms with van der Waals surface area (Å²) in [5.74, 6) is 4.64. The Morgan fingerprint density at radius 3 is 1.73 bits per heavy atom. The molecule has 1 aliphatic carbocycles. The molecule has 0 fully saturated rings. The van der Waals surface area contributed by atoms with E-state index < -0.39 is 5.41 Å². The van der Waals surface area contributed by atoms with Gasteiger partial charge in [0, 0.05) is 11.1 Å². The van der Waals surface area contributed by atoms with Crippen molar-refractivity contribution < 1.29 is 9.47 Å². The predicted molar refractivity (Wildman–Crippen MR) is 267 cm³/mol. The number of ether oxygens (including phenoxy) is 2. The zero-order chi connectivity index (χ0) is 44.2. The molecule has 0 spiro atoms. The van der Waals surface area contributed by atoms with Crippen LogP contribution < -0.4 is 14.8 Å². The third-order valence-corrected chi connectivity index (χ3v) is 13.3. The van der Waals surface area contributed by atoms with Crippen molar-refractivity contribution in [2.24, 2.45) is 9.98 Å². The van der Waals surface area contributed by atoms with Crippen molar-refractivity contribution in [1.82, 2.24) is 5.32 Å². The average molecular weight is 852 g/mol. The fourth-order valence-electron chi connectivity index (χ4n) is 9.95. The van der Waals surface area contributed by atoms with Crippen LogP contribution in [0, 0.1) is 0 Å². The first-order chi connectivity index (χ1) is 32.5. The third kappa shape index (κ3) is 6.71. The topological polar surface area (TPSA) is 55.2 Å². The average Bonchev–Trinajstić information content (AvgIpc) is 3.67. The van der Waals surface area contributed by atoms with Gasteiger partial charge in [0.1, 0.15) is 12.0 Å². The molecule has 9 aromatic rings. The number of amidine groups is 2. The Balaban J connectivity index is 0.882. The molecular weight excluding hydrogens is 807 g/mol. The highest BCUT2D eigenvalue weighted by atomic mass is 16.6. The Kier molecular flexibility index (Phi) is 9.57. The first-order valence-corrected chi connectivity index (χ1v) is 22.7. The Morgan fingerprint density at radius 2 is 1.00 bits per heavy atom. The molecule has 3 aliphatic rings. The number of fused-ring (bicyclic) bond motifs is 5. The SMILES string of the molecule is CC(C)c1ccc(C2=NC(c3cccc(-c4ccc5c(c4)Oc4cc6c(cc4O5)C(c4ccccc4)(c4ccccc4)c4ccccc4-6)c3)NC(c3ccc(-c4ccccc4)cc3)=N2)cc1. The number of benzene rings is 9. The van der Waals surface area contributed by atoms with E-state index >= 15 is 0 Å². The lowest BCUT2D eigenvalue weighted by atomic mass is 9.67. The van der Waals surface area contributed by atoms with E-state index in [1.54, 1.807) is 0 Å². The number of aliphatic imine (C=N–C) groups is 2. The Morgan fingerprint density at radius 1 is 0.439 bits per heavy atom. The second-order valence-corrected chi connectivity index (χ2v) is 17.5. The maximum absolute atomic E-state index is 6.82. The third-order valence-electron chi connectivity index (χ3n) is 13.3. The number of rotatable bonds is 8. The van der Waals surface area contributed by atoms with Crippen LogP contribution in [0.5, 0.6) is 23.0 Å². The summed E-state index contributed by atoms with van der Waals surface area (Å²) in [5.41, 5.74) is 15.3. The highest BCUT2D eigenvalue weighted by Gasteiger charge is 2.47. The van der Waals surface area contributed by atoms with Gasteiger partial charge in [-0.05, 0) is 103 Å². The number of hydrogen-bond acceptors (Lipinski definition) is 5. The number of nitrogens with zero attached hydrogens (tertiary/aromatic N) is 2. The van der Waals surface area contributed by atoms with Gasteiger partial charge in [-0.2, -0.15) is 0 Å². The first kappa shape index (κ1) is 39.3. The van der Waals surface area contributed by atoms with Crippen molar-refractivity contribution in [2.75, 3.05) is 0 Å². The molecule has 0 bridgehead atoms. The molecular formula is C61H45N3O2. The van der Waals surface area contributed by atoms with Gasteiger partial charge in [-0.3, -0.25) is 0 Å². The van der Waals surface area contributed by atoms with Crippen LogP contribution in [0.1, 0.15) is 70.4 Å². The zero-order valence-corrected chi connectivity index (χ0v) is 36.7. The fraction of sp³-hybridized carbons (Fsp3) is 0.0820. The molecule has 1 unspecified atom stereocenters. The van der Waals surface area contributed by atoms with Gasteiger partial charge in [0.25, 0.3) is 0 Å². The maximum atomic E-state index is 6.82. The molecule has 316 valence electrons. The Labute approximate surface area is 385 Å². The largest absolute Gasteiger partial charge is 0.450 e. The van der Waals surface area contributed by atoms with Crippen LogP contribution in [0.15, 0.2) is 228 Å². The zero-order valence-electron chi connectivity index (χ0n) is 36.7. The van der Waals surface area contributed by atoms with E-state index in [0.29, 0.717) is 34.8 Å². The van der Waals surface area contributed by atoms with E-state index in [1.807, 2.05) is 12.1 Å². The lowest BCUT2D eigenvalue weighted by Crippen LogP contribution is -2.33. The molecule has 0 saturated heterocycles.